The van der Waals surface area contributed by atoms with E-state index in [0.717, 1.165) is 25.1 Å². The largest absolute Gasteiger partial charge is 0.433 e. The van der Waals surface area contributed by atoms with Crippen LogP contribution in [0.1, 0.15) is 66.2 Å². The number of nitriles is 1. The van der Waals surface area contributed by atoms with E-state index in [2.05, 4.69) is 30.0 Å². The summed E-state index contributed by atoms with van der Waals surface area (Å²) in [6.45, 7) is 1.68. The number of hydrogen-bond acceptors (Lipinski definition) is 7. The van der Waals surface area contributed by atoms with Crippen molar-refractivity contribution < 1.29 is 13.2 Å². The summed E-state index contributed by atoms with van der Waals surface area (Å²) in [5.41, 5.74) is -1.02. The van der Waals surface area contributed by atoms with Crippen LogP contribution in [0.2, 0.25) is 0 Å². The topological polar surface area (TPSA) is 126 Å². The molecule has 4 heterocycles. The maximum Gasteiger partial charge on any atom is 0.433 e. The predicted molar refractivity (Wildman–Crippen MR) is 113 cm³/mol. The average molecular weight is 466 g/mol. The molecule has 1 saturated carbocycles. The summed E-state index contributed by atoms with van der Waals surface area (Å²) in [7, 11) is 0. The first-order valence-corrected chi connectivity index (χ1v) is 10.5. The Morgan fingerprint density at radius 1 is 1.18 bits per heavy atom. The molecule has 0 aliphatic heterocycles. The number of pyridine rings is 1. The molecular formula is C22H17F3N8O. The predicted octanol–water partition coefficient (Wildman–Crippen LogP) is 3.47. The minimum atomic E-state index is -4.56. The monoisotopic (exact) mass is 466 g/mol. The Morgan fingerprint density at radius 2 is 1.91 bits per heavy atom. The molecule has 5 rings (SSSR count). The van der Waals surface area contributed by atoms with E-state index in [-0.39, 0.29) is 28.6 Å². The molecule has 3 unspecified atom stereocenters. The van der Waals surface area contributed by atoms with Crippen LogP contribution in [-0.4, -0.2) is 34.7 Å². The molecule has 1 aliphatic carbocycles. The van der Waals surface area contributed by atoms with Gasteiger partial charge in [-0.3, -0.25) is 9.78 Å². The Labute approximate surface area is 190 Å². The fourth-order valence-electron chi connectivity index (χ4n) is 4.19. The molecule has 9 nitrogen and oxygen atoms in total. The third kappa shape index (κ3) is 3.59. The molecule has 1 fully saturated rings. The minimum Gasteiger partial charge on any atom is -0.310 e. The van der Waals surface area contributed by atoms with Crippen molar-refractivity contribution in [3.8, 4) is 6.07 Å². The van der Waals surface area contributed by atoms with Gasteiger partial charge in [-0.1, -0.05) is 6.07 Å². The van der Waals surface area contributed by atoms with Crippen molar-refractivity contribution >= 4 is 11.0 Å². The Hall–Kier alpha value is -4.14. The van der Waals surface area contributed by atoms with Crippen LogP contribution >= 0.6 is 0 Å². The first kappa shape index (κ1) is 21.7. The van der Waals surface area contributed by atoms with E-state index in [1.807, 2.05) is 6.07 Å². The first-order valence-electron chi connectivity index (χ1n) is 10.5. The summed E-state index contributed by atoms with van der Waals surface area (Å²) < 4.78 is 40.0. The molecule has 4 aromatic heterocycles. The van der Waals surface area contributed by atoms with Gasteiger partial charge in [0.15, 0.2) is 11.3 Å². The lowest BCUT2D eigenvalue weighted by Gasteiger charge is -2.34. The molecule has 0 amide bonds. The number of aromatic nitrogens is 7. The second kappa shape index (κ2) is 8.02. The SMILES string of the molecule is CC(c1ccc(C(F)(F)F)nc1)n1nc(C#N)c2c(=O)[nH]c(C3CCC3c3ncccn3)nc21. The van der Waals surface area contributed by atoms with Crippen molar-refractivity contribution in [1.82, 2.24) is 34.7 Å². The maximum atomic E-state index is 12.9. The van der Waals surface area contributed by atoms with Gasteiger partial charge in [-0.25, -0.2) is 19.6 Å². The van der Waals surface area contributed by atoms with Crippen LogP contribution in [0.15, 0.2) is 41.6 Å². The van der Waals surface area contributed by atoms with Gasteiger partial charge in [0.25, 0.3) is 5.56 Å². The second-order valence-corrected chi connectivity index (χ2v) is 8.10. The van der Waals surface area contributed by atoms with Crippen molar-refractivity contribution in [2.45, 2.75) is 43.8 Å². The summed E-state index contributed by atoms with van der Waals surface area (Å²) in [4.78, 5) is 32.5. The summed E-state index contributed by atoms with van der Waals surface area (Å²) >= 11 is 0. The van der Waals surface area contributed by atoms with E-state index in [4.69, 9.17) is 0 Å². The number of H-pyrrole nitrogens is 1. The molecule has 0 spiro atoms. The standard InChI is InChI=1S/C22H17F3N8O/c1-11(12-3-6-16(29-10-12)22(23,24)25)33-20-17(15(9-26)32-33)21(34)31-19(30-20)14-5-4-13(14)18-27-7-2-8-28-18/h2-3,6-8,10-11,13-14H,4-5H2,1H3,(H,30,31,34). The van der Waals surface area contributed by atoms with Gasteiger partial charge in [0.05, 0.1) is 6.04 Å². The molecule has 1 aliphatic rings. The normalized spacial score (nSPS) is 18.9. The van der Waals surface area contributed by atoms with Crippen LogP contribution in [0.3, 0.4) is 0 Å². The van der Waals surface area contributed by atoms with Gasteiger partial charge in [-0.2, -0.15) is 23.5 Å². The lowest BCUT2D eigenvalue weighted by Crippen LogP contribution is -2.28. The molecule has 0 radical (unpaired) electrons. The molecular weight excluding hydrogens is 449 g/mol. The van der Waals surface area contributed by atoms with Crippen LogP contribution in [0, 0.1) is 11.3 Å². The van der Waals surface area contributed by atoms with Crippen molar-refractivity contribution in [1.29, 1.82) is 5.26 Å². The number of alkyl halides is 3. The second-order valence-electron chi connectivity index (χ2n) is 8.10. The van der Waals surface area contributed by atoms with Gasteiger partial charge in [0, 0.05) is 30.4 Å². The van der Waals surface area contributed by atoms with Crippen molar-refractivity contribution in [2.75, 3.05) is 0 Å². The van der Waals surface area contributed by atoms with E-state index < -0.39 is 23.5 Å². The Bertz CT molecular complexity index is 1450. The number of hydrogen-bond donors (Lipinski definition) is 1. The van der Waals surface area contributed by atoms with Gasteiger partial charge in [0.2, 0.25) is 0 Å². The van der Waals surface area contributed by atoms with E-state index in [1.54, 1.807) is 25.4 Å². The lowest BCUT2D eigenvalue weighted by molar-refractivity contribution is -0.141. The summed E-state index contributed by atoms with van der Waals surface area (Å²) in [5.74, 6) is 0.975. The Kier molecular flexibility index (Phi) is 5.11. The molecule has 12 heteroatoms. The summed E-state index contributed by atoms with van der Waals surface area (Å²) in [6, 6.07) is 5.17. The molecule has 0 aromatic carbocycles. The minimum absolute atomic E-state index is 0.00912. The average Bonchev–Trinajstić information content (AvgIpc) is 3.17. The third-order valence-corrected chi connectivity index (χ3v) is 6.16. The van der Waals surface area contributed by atoms with Gasteiger partial charge in [-0.15, -0.1) is 0 Å². The highest BCUT2D eigenvalue weighted by molar-refractivity contribution is 5.80. The lowest BCUT2D eigenvalue weighted by atomic mass is 9.72. The molecule has 1 N–H and O–H groups in total. The quantitative estimate of drug-likeness (QED) is 0.488. The molecule has 0 bridgehead atoms. The highest BCUT2D eigenvalue weighted by Gasteiger charge is 2.38. The summed E-state index contributed by atoms with van der Waals surface area (Å²) in [6.07, 6.45) is 1.48. The van der Waals surface area contributed by atoms with Crippen LogP contribution in [0.25, 0.3) is 11.0 Å². The van der Waals surface area contributed by atoms with Crippen molar-refractivity contribution in [2.24, 2.45) is 0 Å². The molecule has 3 atom stereocenters. The van der Waals surface area contributed by atoms with E-state index in [9.17, 15) is 23.2 Å². The third-order valence-electron chi connectivity index (χ3n) is 6.16. The fourth-order valence-corrected chi connectivity index (χ4v) is 4.19. The van der Waals surface area contributed by atoms with Gasteiger partial charge in [-0.05, 0) is 37.5 Å². The van der Waals surface area contributed by atoms with Crippen LogP contribution in [0.4, 0.5) is 13.2 Å². The van der Waals surface area contributed by atoms with Crippen molar-refractivity contribution in [3.05, 3.63) is 75.7 Å². The highest BCUT2D eigenvalue weighted by atomic mass is 19.4. The molecule has 172 valence electrons. The van der Waals surface area contributed by atoms with E-state index in [1.165, 1.54) is 10.7 Å². The number of nitrogens with one attached hydrogen (secondary N) is 1. The van der Waals surface area contributed by atoms with E-state index in [0.29, 0.717) is 17.2 Å². The number of aromatic amines is 1. The van der Waals surface area contributed by atoms with Gasteiger partial charge < -0.3 is 4.98 Å². The van der Waals surface area contributed by atoms with Crippen LogP contribution < -0.4 is 5.56 Å². The Balaban J connectivity index is 1.57. The van der Waals surface area contributed by atoms with Gasteiger partial charge in [0.1, 0.15) is 28.8 Å². The Morgan fingerprint density at radius 3 is 2.50 bits per heavy atom. The number of rotatable bonds is 4. The zero-order valence-electron chi connectivity index (χ0n) is 17.8. The van der Waals surface area contributed by atoms with Gasteiger partial charge >= 0.3 is 6.18 Å². The first-order chi connectivity index (χ1) is 16.3. The molecule has 34 heavy (non-hydrogen) atoms. The highest BCUT2D eigenvalue weighted by Crippen LogP contribution is 2.46. The van der Waals surface area contributed by atoms with Crippen LogP contribution in [-0.2, 0) is 6.18 Å². The zero-order valence-corrected chi connectivity index (χ0v) is 17.8. The zero-order chi connectivity index (χ0) is 24.0. The number of nitrogens with zero attached hydrogens (tertiary/aromatic N) is 7. The molecule has 4 aromatic rings. The van der Waals surface area contributed by atoms with E-state index >= 15 is 0 Å². The van der Waals surface area contributed by atoms with Crippen LogP contribution in [0.5, 0.6) is 0 Å². The number of fused-ring (bicyclic) bond motifs is 1. The maximum absolute atomic E-state index is 12.9. The fraction of sp³-hybridized carbons (Fsp3) is 0.318. The number of halogens is 3. The smallest absolute Gasteiger partial charge is 0.310 e. The van der Waals surface area contributed by atoms with Crippen molar-refractivity contribution in [3.63, 3.8) is 0 Å². The molecule has 0 saturated heterocycles. The summed E-state index contributed by atoms with van der Waals surface area (Å²) in [5, 5.41) is 13.8.